The van der Waals surface area contributed by atoms with Gasteiger partial charge in [0.25, 0.3) is 0 Å². The molecule has 6 nitrogen and oxygen atoms in total. The number of aliphatic hydroxyl groups is 1. The first-order valence-corrected chi connectivity index (χ1v) is 10.8. The molecule has 30 heavy (non-hydrogen) atoms. The van der Waals surface area contributed by atoms with E-state index in [9.17, 15) is 24.3 Å². The summed E-state index contributed by atoms with van der Waals surface area (Å²) in [6.45, 7) is 6.46. The molecule has 3 unspecified atom stereocenters. The van der Waals surface area contributed by atoms with Crippen LogP contribution in [0.2, 0.25) is 0 Å². The van der Waals surface area contributed by atoms with E-state index in [4.69, 9.17) is 4.74 Å². The number of carbonyl (C=O) groups is 4. The van der Waals surface area contributed by atoms with Gasteiger partial charge < -0.3 is 9.84 Å². The van der Waals surface area contributed by atoms with Crippen LogP contribution in [0, 0.1) is 28.6 Å². The zero-order valence-corrected chi connectivity index (χ0v) is 18.1. The summed E-state index contributed by atoms with van der Waals surface area (Å²) in [6.07, 6.45) is 7.28. The molecule has 4 rings (SSSR count). The maximum atomic E-state index is 13.1. The molecule has 0 spiro atoms. The summed E-state index contributed by atoms with van der Waals surface area (Å²) in [7, 11) is 0. The molecule has 0 saturated heterocycles. The minimum atomic E-state index is -1.52. The van der Waals surface area contributed by atoms with Gasteiger partial charge in [0.2, 0.25) is 5.78 Å². The predicted molar refractivity (Wildman–Crippen MR) is 108 cm³/mol. The molecule has 4 aliphatic rings. The van der Waals surface area contributed by atoms with E-state index >= 15 is 0 Å². The standard InChI is InChI=1S/C24H30O6/c1-13(25)21(29)24(30-14(2)26)10-8-18-17-6-5-15-11-16(27)7-9-22(15,3)20(17)19(28)12-23(18,24)4/h7,9,11,17-20,28H,5-6,8,10,12H2,1-4H3/t17?,18?,19-,20?,22-,23-,24+/m0/s1. The minimum Gasteiger partial charge on any atom is -0.450 e. The van der Waals surface area contributed by atoms with Crippen molar-refractivity contribution in [2.24, 2.45) is 28.6 Å². The maximum Gasteiger partial charge on any atom is 0.303 e. The lowest BCUT2D eigenvalue weighted by Gasteiger charge is -2.59. The molecule has 0 aromatic rings. The van der Waals surface area contributed by atoms with Gasteiger partial charge in [-0.15, -0.1) is 0 Å². The van der Waals surface area contributed by atoms with Crippen molar-refractivity contribution in [2.75, 3.05) is 0 Å². The van der Waals surface area contributed by atoms with E-state index in [0.29, 0.717) is 12.8 Å². The number of ether oxygens (including phenoxy) is 1. The van der Waals surface area contributed by atoms with Gasteiger partial charge in [-0.3, -0.25) is 19.2 Å². The largest absolute Gasteiger partial charge is 0.450 e. The molecule has 0 bridgehead atoms. The molecule has 0 amide bonds. The quantitative estimate of drug-likeness (QED) is 0.563. The Morgan fingerprint density at radius 1 is 1.17 bits per heavy atom. The highest BCUT2D eigenvalue weighted by molar-refractivity contribution is 6.39. The fourth-order valence-electron chi connectivity index (χ4n) is 7.43. The van der Waals surface area contributed by atoms with Crippen LogP contribution in [0.5, 0.6) is 0 Å². The van der Waals surface area contributed by atoms with Gasteiger partial charge in [0.05, 0.1) is 6.10 Å². The zero-order chi connectivity index (χ0) is 22.1. The summed E-state index contributed by atoms with van der Waals surface area (Å²) < 4.78 is 5.68. The number of aliphatic hydroxyl groups excluding tert-OH is 1. The Balaban J connectivity index is 1.78. The highest BCUT2D eigenvalue weighted by Gasteiger charge is 2.70. The summed E-state index contributed by atoms with van der Waals surface area (Å²) in [4.78, 5) is 49.1. The summed E-state index contributed by atoms with van der Waals surface area (Å²) in [5.41, 5.74) is -1.68. The Hall–Kier alpha value is -2.08. The Labute approximate surface area is 176 Å². The molecule has 0 aromatic heterocycles. The summed E-state index contributed by atoms with van der Waals surface area (Å²) in [5, 5.41) is 11.4. The molecule has 4 aliphatic carbocycles. The van der Waals surface area contributed by atoms with Gasteiger partial charge in [-0.2, -0.15) is 0 Å². The van der Waals surface area contributed by atoms with Gasteiger partial charge in [0.15, 0.2) is 17.2 Å². The van der Waals surface area contributed by atoms with Crippen LogP contribution in [0.15, 0.2) is 23.8 Å². The number of esters is 1. The fourth-order valence-corrected chi connectivity index (χ4v) is 7.43. The maximum absolute atomic E-state index is 13.1. The van der Waals surface area contributed by atoms with Crippen molar-refractivity contribution in [3.05, 3.63) is 23.8 Å². The van der Waals surface area contributed by atoms with Crippen molar-refractivity contribution in [3.63, 3.8) is 0 Å². The molecule has 7 atom stereocenters. The van der Waals surface area contributed by atoms with Crippen molar-refractivity contribution in [1.29, 1.82) is 0 Å². The lowest BCUT2D eigenvalue weighted by atomic mass is 9.46. The van der Waals surface area contributed by atoms with E-state index in [1.54, 1.807) is 12.2 Å². The topological polar surface area (TPSA) is 97.7 Å². The molecule has 6 heteroatoms. The average Bonchev–Trinajstić information content (AvgIpc) is 2.93. The number of ketones is 3. The second-order valence-electron chi connectivity index (χ2n) is 10.1. The molecule has 0 heterocycles. The molecule has 0 aliphatic heterocycles. The van der Waals surface area contributed by atoms with Crippen molar-refractivity contribution >= 4 is 23.3 Å². The third-order valence-electron chi connectivity index (χ3n) is 8.62. The van der Waals surface area contributed by atoms with E-state index < -0.39 is 40.1 Å². The Kier molecular flexibility index (Phi) is 4.73. The predicted octanol–water partition coefficient (Wildman–Crippen LogP) is 2.73. The highest BCUT2D eigenvalue weighted by atomic mass is 16.6. The molecule has 0 radical (unpaired) electrons. The normalized spacial score (nSPS) is 44.4. The molecule has 3 fully saturated rings. The van der Waals surface area contributed by atoms with Crippen LogP contribution in [0.4, 0.5) is 0 Å². The van der Waals surface area contributed by atoms with Crippen molar-refractivity contribution < 1.29 is 29.0 Å². The number of rotatable bonds is 3. The monoisotopic (exact) mass is 414 g/mol. The van der Waals surface area contributed by atoms with Gasteiger partial charge >= 0.3 is 5.97 Å². The van der Waals surface area contributed by atoms with E-state index in [2.05, 4.69) is 6.92 Å². The van der Waals surface area contributed by atoms with Gasteiger partial charge in [0, 0.05) is 30.6 Å². The first kappa shape index (κ1) is 21.2. The fraction of sp³-hybridized carbons (Fsp3) is 0.667. The van der Waals surface area contributed by atoms with Crippen LogP contribution in [0.1, 0.15) is 59.8 Å². The molecule has 0 aromatic carbocycles. The highest BCUT2D eigenvalue weighted by Crippen LogP contribution is 2.67. The van der Waals surface area contributed by atoms with Crippen molar-refractivity contribution in [3.8, 4) is 0 Å². The van der Waals surface area contributed by atoms with Crippen molar-refractivity contribution in [2.45, 2.75) is 71.5 Å². The lowest BCUT2D eigenvalue weighted by molar-refractivity contribution is -0.197. The first-order valence-electron chi connectivity index (χ1n) is 10.8. The van der Waals surface area contributed by atoms with Crippen LogP contribution in [0.25, 0.3) is 0 Å². The van der Waals surface area contributed by atoms with Crippen LogP contribution in [-0.2, 0) is 23.9 Å². The van der Waals surface area contributed by atoms with E-state index in [0.717, 1.165) is 18.4 Å². The molecule has 3 saturated carbocycles. The molecular weight excluding hydrogens is 384 g/mol. The third-order valence-corrected chi connectivity index (χ3v) is 8.62. The molecule has 162 valence electrons. The van der Waals surface area contributed by atoms with Gasteiger partial charge in [-0.25, -0.2) is 0 Å². The number of carbonyl (C=O) groups excluding carboxylic acids is 4. The van der Waals surface area contributed by atoms with Crippen molar-refractivity contribution in [1.82, 2.24) is 0 Å². The second kappa shape index (κ2) is 6.71. The average molecular weight is 414 g/mol. The smallest absolute Gasteiger partial charge is 0.303 e. The van der Waals surface area contributed by atoms with Gasteiger partial charge in [-0.05, 0) is 56.1 Å². The summed E-state index contributed by atoms with van der Waals surface area (Å²) >= 11 is 0. The number of fused-ring (bicyclic) bond motifs is 5. The summed E-state index contributed by atoms with van der Waals surface area (Å²) in [6, 6.07) is 0. The summed E-state index contributed by atoms with van der Waals surface area (Å²) in [5.74, 6) is -1.83. The number of allylic oxidation sites excluding steroid dienone is 4. The SMILES string of the molecule is CC(=O)O[C@@]1(C(=O)C(C)=O)CCC2C3CCC4=CC(=O)C=C[C@]4(C)C3[C@@H](O)C[C@@]21C. The first-order chi connectivity index (χ1) is 14.0. The van der Waals surface area contributed by atoms with Crippen LogP contribution >= 0.6 is 0 Å². The number of hydrogen-bond acceptors (Lipinski definition) is 6. The van der Waals surface area contributed by atoms with Gasteiger partial charge in [0.1, 0.15) is 0 Å². The van der Waals surface area contributed by atoms with E-state index in [1.165, 1.54) is 13.8 Å². The van der Waals surface area contributed by atoms with E-state index in [1.807, 2.05) is 13.0 Å². The van der Waals surface area contributed by atoms with Crippen LogP contribution in [-0.4, -0.2) is 40.1 Å². The molecular formula is C24H30O6. The second-order valence-corrected chi connectivity index (χ2v) is 10.1. The van der Waals surface area contributed by atoms with Gasteiger partial charge in [-0.1, -0.05) is 25.5 Å². The lowest BCUT2D eigenvalue weighted by Crippen LogP contribution is -2.63. The Morgan fingerprint density at radius 3 is 2.50 bits per heavy atom. The molecule has 1 N–H and O–H groups in total. The third kappa shape index (κ3) is 2.65. The van der Waals surface area contributed by atoms with Crippen LogP contribution in [0.3, 0.4) is 0 Å². The Morgan fingerprint density at radius 2 is 1.87 bits per heavy atom. The van der Waals surface area contributed by atoms with E-state index in [-0.39, 0.29) is 30.0 Å². The number of hydrogen-bond donors (Lipinski definition) is 1. The Bertz CT molecular complexity index is 899. The zero-order valence-electron chi connectivity index (χ0n) is 18.1. The minimum absolute atomic E-state index is 0.0159. The van der Waals surface area contributed by atoms with Crippen LogP contribution < -0.4 is 0 Å². The number of Topliss-reactive ketones (excluding diaryl/α,β-unsaturated/α-hetero) is 2.